The number of amides is 1. The maximum absolute atomic E-state index is 13.9. The molecule has 1 fully saturated rings. The molecule has 0 saturated carbocycles. The Morgan fingerprint density at radius 1 is 1.05 bits per heavy atom. The lowest BCUT2D eigenvalue weighted by Gasteiger charge is -2.35. The summed E-state index contributed by atoms with van der Waals surface area (Å²) in [5, 5.41) is 10.4. The minimum Gasteiger partial charge on any atom is -0.491 e. The van der Waals surface area contributed by atoms with Crippen molar-refractivity contribution in [2.45, 2.75) is 12.4 Å². The molecule has 3 aromatic rings. The van der Waals surface area contributed by atoms with Gasteiger partial charge in [0.15, 0.2) is 0 Å². The number of hydrazine groups is 1. The number of aromatic nitrogens is 1. The topological polar surface area (TPSA) is 87.0 Å². The highest BCUT2D eigenvalue weighted by molar-refractivity contribution is 6.31. The van der Waals surface area contributed by atoms with E-state index >= 15 is 0 Å². The van der Waals surface area contributed by atoms with Gasteiger partial charge in [0.1, 0.15) is 35.7 Å². The van der Waals surface area contributed by atoms with E-state index in [2.05, 4.69) is 5.43 Å². The highest BCUT2D eigenvalue weighted by Gasteiger charge is 2.34. The molecule has 15 heteroatoms. The molecule has 0 aliphatic carbocycles. The first-order valence-corrected chi connectivity index (χ1v) is 12.2. The van der Waals surface area contributed by atoms with Crippen LogP contribution >= 0.6 is 23.2 Å². The Morgan fingerprint density at radius 3 is 2.36 bits per heavy atom. The van der Waals surface area contributed by atoms with E-state index in [-0.39, 0.29) is 41.6 Å². The third-order valence-corrected chi connectivity index (χ3v) is 6.59. The van der Waals surface area contributed by atoms with Gasteiger partial charge in [0.25, 0.3) is 5.91 Å². The smallest absolute Gasteiger partial charge is 0.488 e. The Labute approximate surface area is 228 Å². The van der Waals surface area contributed by atoms with E-state index < -0.39 is 56.9 Å². The lowest BCUT2D eigenvalue weighted by Crippen LogP contribution is -2.55. The van der Waals surface area contributed by atoms with Gasteiger partial charge >= 0.3 is 6.30 Å². The van der Waals surface area contributed by atoms with Crippen LogP contribution in [-0.2, 0) is 6.30 Å². The van der Waals surface area contributed by atoms with Gasteiger partial charge in [0, 0.05) is 50.4 Å². The molecule has 2 aromatic carbocycles. The van der Waals surface area contributed by atoms with E-state index in [9.17, 15) is 36.6 Å². The van der Waals surface area contributed by atoms with Crippen molar-refractivity contribution in [2.24, 2.45) is 0 Å². The Kier molecular flexibility index (Phi) is 8.66. The van der Waals surface area contributed by atoms with E-state index in [0.29, 0.717) is 31.4 Å². The van der Waals surface area contributed by atoms with Gasteiger partial charge in [0.2, 0.25) is 5.43 Å². The van der Waals surface area contributed by atoms with Crippen LogP contribution in [0, 0.1) is 11.6 Å². The zero-order valence-electron chi connectivity index (χ0n) is 19.9. The molecule has 210 valence electrons. The zero-order chi connectivity index (χ0) is 28.5. The number of rotatable bonds is 7. The lowest BCUT2D eigenvalue weighted by atomic mass is 10.1. The third-order valence-electron chi connectivity index (χ3n) is 6.00. The number of nitrogens with zero attached hydrogens (tertiary/aromatic N) is 3. The molecular weight excluding hydrogens is 574 g/mol. The lowest BCUT2D eigenvalue weighted by molar-refractivity contribution is -0.201. The second kappa shape index (κ2) is 11.6. The number of aliphatic hydroxyl groups excluding tert-OH is 1. The van der Waals surface area contributed by atoms with Gasteiger partial charge in [-0.3, -0.25) is 24.5 Å². The van der Waals surface area contributed by atoms with Crippen molar-refractivity contribution in [3.63, 3.8) is 0 Å². The highest BCUT2D eigenvalue weighted by Crippen LogP contribution is 2.29. The highest BCUT2D eigenvalue weighted by atomic mass is 35.5. The number of hydrogen-bond acceptors (Lipinski definition) is 6. The van der Waals surface area contributed by atoms with Crippen molar-refractivity contribution < 1.29 is 36.6 Å². The van der Waals surface area contributed by atoms with E-state index in [4.69, 9.17) is 27.9 Å². The van der Waals surface area contributed by atoms with Gasteiger partial charge in [-0.25, -0.2) is 13.8 Å². The van der Waals surface area contributed by atoms with Crippen LogP contribution < -0.4 is 15.6 Å². The number of β-amino-alcohol motifs (C(OH)–C–C–N with tert-alkyl or cyclic N) is 1. The maximum atomic E-state index is 13.9. The average molecular weight is 595 g/mol. The molecule has 8 nitrogen and oxygen atoms in total. The van der Waals surface area contributed by atoms with Crippen LogP contribution in [0.15, 0.2) is 41.3 Å². The van der Waals surface area contributed by atoms with Gasteiger partial charge in [0.05, 0.1) is 15.6 Å². The first kappa shape index (κ1) is 29.0. The Bertz CT molecular complexity index is 1440. The molecular formula is C24H21Cl2F5N4O4. The summed E-state index contributed by atoms with van der Waals surface area (Å²) in [7, 11) is 0. The van der Waals surface area contributed by atoms with E-state index in [1.165, 1.54) is 17.1 Å². The minimum atomic E-state index is -5.01. The van der Waals surface area contributed by atoms with E-state index in [0.717, 1.165) is 6.07 Å². The molecule has 1 unspecified atom stereocenters. The molecule has 1 saturated heterocycles. The summed E-state index contributed by atoms with van der Waals surface area (Å²) in [5.74, 6) is -2.64. The standard InChI is InChI=1S/C24H21Cl2F5N4O4/c25-17-2-1-14(7-19(17)27)39-12-13(36)10-33-3-5-34(6-4-33)32-23(38)16-11-35(24(29,30)31)21-9-18(26)20(28)8-15(21)22(16)37/h1-2,7-9,11,13,36H,3-6,10,12H2,(H,32,38). The van der Waals surface area contributed by atoms with Crippen LogP contribution in [0.25, 0.3) is 10.9 Å². The van der Waals surface area contributed by atoms with Gasteiger partial charge in [-0.2, -0.15) is 0 Å². The summed E-state index contributed by atoms with van der Waals surface area (Å²) >= 11 is 11.2. The quantitative estimate of drug-likeness (QED) is 0.405. The maximum Gasteiger partial charge on any atom is 0.488 e. The number of nitrogens with one attached hydrogen (secondary N) is 1. The predicted molar refractivity (Wildman–Crippen MR) is 133 cm³/mol. The Balaban J connectivity index is 1.37. The number of carbonyl (C=O) groups is 1. The average Bonchev–Trinajstić information content (AvgIpc) is 2.86. The van der Waals surface area contributed by atoms with Gasteiger partial charge in [-0.1, -0.05) is 23.2 Å². The molecule has 1 aliphatic rings. The number of piperazine rings is 1. The molecule has 0 spiro atoms. The van der Waals surface area contributed by atoms with Crippen molar-refractivity contribution in [2.75, 3.05) is 39.3 Å². The third kappa shape index (κ3) is 6.79. The molecule has 39 heavy (non-hydrogen) atoms. The van der Waals surface area contributed by atoms with Crippen molar-refractivity contribution >= 4 is 40.0 Å². The predicted octanol–water partition coefficient (Wildman–Crippen LogP) is 3.77. The fourth-order valence-electron chi connectivity index (χ4n) is 4.05. The number of ether oxygens (including phenoxy) is 1. The van der Waals surface area contributed by atoms with Crippen LogP contribution in [0.5, 0.6) is 5.75 Å². The van der Waals surface area contributed by atoms with Crippen LogP contribution in [0.2, 0.25) is 10.0 Å². The van der Waals surface area contributed by atoms with Crippen molar-refractivity contribution in [3.05, 3.63) is 74.0 Å². The van der Waals surface area contributed by atoms with Crippen molar-refractivity contribution in [1.82, 2.24) is 19.9 Å². The molecule has 2 heterocycles. The Morgan fingerprint density at radius 2 is 1.72 bits per heavy atom. The number of benzene rings is 2. The van der Waals surface area contributed by atoms with Crippen LogP contribution in [-0.4, -0.2) is 70.9 Å². The number of pyridine rings is 1. The van der Waals surface area contributed by atoms with E-state index in [1.54, 1.807) is 0 Å². The molecule has 1 aliphatic heterocycles. The van der Waals surface area contributed by atoms with Gasteiger partial charge < -0.3 is 9.84 Å². The largest absolute Gasteiger partial charge is 0.491 e. The van der Waals surface area contributed by atoms with Crippen LogP contribution in [0.1, 0.15) is 10.4 Å². The zero-order valence-corrected chi connectivity index (χ0v) is 21.5. The van der Waals surface area contributed by atoms with Gasteiger partial charge in [-0.05, 0) is 24.3 Å². The monoisotopic (exact) mass is 594 g/mol. The fraction of sp³-hybridized carbons (Fsp3) is 0.333. The molecule has 4 rings (SSSR count). The van der Waals surface area contributed by atoms with Crippen molar-refractivity contribution in [1.29, 1.82) is 0 Å². The van der Waals surface area contributed by atoms with Gasteiger partial charge in [-0.15, -0.1) is 13.2 Å². The summed E-state index contributed by atoms with van der Waals surface area (Å²) in [6.07, 6.45) is -5.58. The fourth-order valence-corrected chi connectivity index (χ4v) is 4.32. The second-order valence-corrected chi connectivity index (χ2v) is 9.58. The molecule has 0 radical (unpaired) electrons. The number of fused-ring (bicyclic) bond motifs is 1. The molecule has 1 amide bonds. The summed E-state index contributed by atoms with van der Waals surface area (Å²) < 4.78 is 73.5. The number of aliphatic hydroxyl groups is 1. The minimum absolute atomic E-state index is 0.0571. The molecule has 0 bridgehead atoms. The number of halogens is 7. The number of alkyl halides is 3. The van der Waals surface area contributed by atoms with Crippen LogP contribution in [0.3, 0.4) is 0 Å². The number of hydrogen-bond donors (Lipinski definition) is 2. The normalized spacial score (nSPS) is 15.9. The van der Waals surface area contributed by atoms with E-state index in [1.807, 2.05) is 4.90 Å². The Hall–Kier alpha value is -2.97. The molecule has 2 N–H and O–H groups in total. The molecule has 1 atom stereocenters. The number of carbonyl (C=O) groups excluding carboxylic acids is 1. The summed E-state index contributed by atoms with van der Waals surface area (Å²) in [6.45, 7) is 1.27. The molecule has 1 aromatic heterocycles. The second-order valence-electron chi connectivity index (χ2n) is 8.76. The summed E-state index contributed by atoms with van der Waals surface area (Å²) in [6, 6.07) is 5.13. The van der Waals surface area contributed by atoms with Crippen LogP contribution in [0.4, 0.5) is 22.0 Å². The first-order chi connectivity index (χ1) is 18.3. The first-order valence-electron chi connectivity index (χ1n) is 11.5. The summed E-state index contributed by atoms with van der Waals surface area (Å²) in [4.78, 5) is 27.4. The van der Waals surface area contributed by atoms with Crippen molar-refractivity contribution in [3.8, 4) is 5.75 Å². The summed E-state index contributed by atoms with van der Waals surface area (Å²) in [5.41, 5.74) is -0.184. The SMILES string of the molecule is O=C(NN1CCN(CC(O)COc2ccc(Cl)c(F)c2)CC1)c1cn(C(F)(F)F)c2cc(Cl)c(F)cc2c1=O.